The van der Waals surface area contributed by atoms with Crippen LogP contribution in [0, 0.1) is 5.82 Å². The zero-order chi connectivity index (χ0) is 12.4. The molecule has 0 fully saturated rings. The minimum Gasteiger partial charge on any atom is -0.477 e. The summed E-state index contributed by atoms with van der Waals surface area (Å²) in [5.41, 5.74) is 0.175. The molecule has 0 radical (unpaired) electrons. The van der Waals surface area contributed by atoms with Crippen molar-refractivity contribution in [1.82, 2.24) is 9.97 Å². The molecule has 0 saturated carbocycles. The summed E-state index contributed by atoms with van der Waals surface area (Å²) >= 11 is 5.69. The van der Waals surface area contributed by atoms with Crippen molar-refractivity contribution in [2.75, 3.05) is 0 Å². The van der Waals surface area contributed by atoms with Gasteiger partial charge in [-0.1, -0.05) is 11.6 Å². The maximum atomic E-state index is 13.1. The first-order valence-corrected chi connectivity index (χ1v) is 4.97. The average Bonchev–Trinajstić information content (AvgIpc) is 2.28. The molecule has 0 atom stereocenters. The fraction of sp³-hybridized carbons (Fsp3) is 0. The van der Waals surface area contributed by atoms with Gasteiger partial charge in [-0.2, -0.15) is 0 Å². The Morgan fingerprint density at radius 2 is 2.12 bits per heavy atom. The van der Waals surface area contributed by atoms with Crippen LogP contribution in [-0.2, 0) is 0 Å². The third kappa shape index (κ3) is 2.57. The summed E-state index contributed by atoms with van der Waals surface area (Å²) in [6.45, 7) is 0. The topological polar surface area (TPSA) is 63.1 Å². The summed E-state index contributed by atoms with van der Waals surface area (Å²) in [6.07, 6.45) is 1.30. The first-order valence-electron chi connectivity index (χ1n) is 4.59. The van der Waals surface area contributed by atoms with Crippen LogP contribution in [0.15, 0.2) is 30.5 Å². The van der Waals surface area contributed by atoms with Gasteiger partial charge in [0.2, 0.25) is 0 Å². The molecular weight excluding hydrogens is 247 g/mol. The number of carboxylic acid groups (broad SMARTS) is 1. The molecule has 1 aromatic carbocycles. The van der Waals surface area contributed by atoms with Crippen molar-refractivity contribution in [3.05, 3.63) is 47.0 Å². The van der Waals surface area contributed by atoms with E-state index in [0.29, 0.717) is 5.56 Å². The molecule has 86 valence electrons. The Hall–Kier alpha value is -2.01. The van der Waals surface area contributed by atoms with Crippen molar-refractivity contribution in [2.24, 2.45) is 0 Å². The number of nitrogens with zero attached hydrogens (tertiary/aromatic N) is 2. The van der Waals surface area contributed by atoms with Crippen LogP contribution in [0.2, 0.25) is 5.02 Å². The van der Waals surface area contributed by atoms with Crippen LogP contribution >= 0.6 is 11.6 Å². The quantitative estimate of drug-likeness (QED) is 0.892. The Morgan fingerprint density at radius 1 is 1.35 bits per heavy atom. The summed E-state index contributed by atoms with van der Waals surface area (Å²) in [7, 11) is 0. The Kier molecular flexibility index (Phi) is 3.01. The fourth-order valence-electron chi connectivity index (χ4n) is 1.30. The van der Waals surface area contributed by atoms with E-state index in [1.165, 1.54) is 24.4 Å². The van der Waals surface area contributed by atoms with Gasteiger partial charge < -0.3 is 5.11 Å². The van der Waals surface area contributed by atoms with Crippen molar-refractivity contribution in [3.8, 4) is 11.4 Å². The number of carbonyl (C=O) groups is 1. The van der Waals surface area contributed by atoms with E-state index in [9.17, 15) is 9.18 Å². The van der Waals surface area contributed by atoms with Gasteiger partial charge in [0.25, 0.3) is 0 Å². The second kappa shape index (κ2) is 4.47. The van der Waals surface area contributed by atoms with Crippen LogP contribution < -0.4 is 0 Å². The van der Waals surface area contributed by atoms with E-state index in [1.807, 2.05) is 0 Å². The number of benzene rings is 1. The lowest BCUT2D eigenvalue weighted by Crippen LogP contribution is -2.02. The highest BCUT2D eigenvalue weighted by molar-refractivity contribution is 6.30. The van der Waals surface area contributed by atoms with Gasteiger partial charge in [-0.05, 0) is 24.3 Å². The van der Waals surface area contributed by atoms with Gasteiger partial charge in [0.1, 0.15) is 5.82 Å². The molecule has 4 nitrogen and oxygen atoms in total. The lowest BCUT2D eigenvalue weighted by atomic mass is 10.2. The highest BCUT2D eigenvalue weighted by atomic mass is 35.5. The van der Waals surface area contributed by atoms with Gasteiger partial charge in [0.15, 0.2) is 11.5 Å². The van der Waals surface area contributed by atoms with E-state index in [1.54, 1.807) is 0 Å². The lowest BCUT2D eigenvalue weighted by Gasteiger charge is -2.02. The van der Waals surface area contributed by atoms with E-state index < -0.39 is 11.8 Å². The summed E-state index contributed by atoms with van der Waals surface area (Å²) < 4.78 is 13.1. The lowest BCUT2D eigenvalue weighted by molar-refractivity contribution is 0.0690. The van der Waals surface area contributed by atoms with Crippen LogP contribution in [-0.4, -0.2) is 21.0 Å². The van der Waals surface area contributed by atoms with Gasteiger partial charge in [-0.15, -0.1) is 0 Å². The van der Waals surface area contributed by atoms with E-state index in [0.717, 1.165) is 6.07 Å². The van der Waals surface area contributed by atoms with Gasteiger partial charge >= 0.3 is 5.97 Å². The molecule has 0 saturated heterocycles. The second-order valence-electron chi connectivity index (χ2n) is 3.23. The van der Waals surface area contributed by atoms with Gasteiger partial charge in [0, 0.05) is 16.8 Å². The first kappa shape index (κ1) is 11.5. The second-order valence-corrected chi connectivity index (χ2v) is 3.67. The summed E-state index contributed by atoms with van der Waals surface area (Å²) in [6, 6.07) is 5.05. The normalized spacial score (nSPS) is 10.2. The van der Waals surface area contributed by atoms with Crippen LogP contribution in [0.1, 0.15) is 10.5 Å². The maximum absolute atomic E-state index is 13.1. The maximum Gasteiger partial charge on any atom is 0.354 e. The molecule has 0 amide bonds. The standard InChI is InChI=1S/C11H6ClFN2O2/c12-7-3-6(4-8(13)5-7)10-14-2-1-9(15-10)11(16)17/h1-5H,(H,16,17). The number of hydrogen-bond acceptors (Lipinski definition) is 3. The molecule has 17 heavy (non-hydrogen) atoms. The number of carboxylic acids is 1. The van der Waals surface area contributed by atoms with Crippen molar-refractivity contribution < 1.29 is 14.3 Å². The number of rotatable bonds is 2. The largest absolute Gasteiger partial charge is 0.477 e. The molecule has 2 rings (SSSR count). The van der Waals surface area contributed by atoms with Crippen molar-refractivity contribution in [3.63, 3.8) is 0 Å². The molecule has 0 aliphatic rings. The van der Waals surface area contributed by atoms with Gasteiger partial charge in [0.05, 0.1) is 0 Å². The minimum absolute atomic E-state index is 0.117. The van der Waals surface area contributed by atoms with Crippen molar-refractivity contribution in [1.29, 1.82) is 0 Å². The minimum atomic E-state index is -1.17. The molecular formula is C11H6ClFN2O2. The molecule has 0 aliphatic heterocycles. The summed E-state index contributed by atoms with van der Waals surface area (Å²) in [5, 5.41) is 8.97. The van der Waals surface area contributed by atoms with E-state index >= 15 is 0 Å². The molecule has 1 aromatic heterocycles. The highest BCUT2D eigenvalue weighted by Gasteiger charge is 2.09. The van der Waals surface area contributed by atoms with Crippen LogP contribution in [0.5, 0.6) is 0 Å². The molecule has 2 aromatic rings. The molecule has 6 heteroatoms. The zero-order valence-electron chi connectivity index (χ0n) is 8.39. The Morgan fingerprint density at radius 3 is 2.76 bits per heavy atom. The Bertz CT molecular complexity index is 569. The Balaban J connectivity index is 2.52. The third-order valence-electron chi connectivity index (χ3n) is 2.00. The molecule has 0 unspecified atom stereocenters. The van der Waals surface area contributed by atoms with Crippen molar-refractivity contribution in [2.45, 2.75) is 0 Å². The molecule has 0 bridgehead atoms. The van der Waals surface area contributed by atoms with Crippen LogP contribution in [0.25, 0.3) is 11.4 Å². The number of aromatic nitrogens is 2. The third-order valence-corrected chi connectivity index (χ3v) is 2.21. The highest BCUT2D eigenvalue weighted by Crippen LogP contribution is 2.21. The van der Waals surface area contributed by atoms with E-state index in [2.05, 4.69) is 9.97 Å². The summed E-state index contributed by atoms with van der Waals surface area (Å²) in [4.78, 5) is 18.4. The smallest absolute Gasteiger partial charge is 0.354 e. The Labute approximate surface area is 101 Å². The monoisotopic (exact) mass is 252 g/mol. The molecule has 1 N–H and O–H groups in total. The zero-order valence-corrected chi connectivity index (χ0v) is 9.15. The molecule has 0 aliphatic carbocycles. The van der Waals surface area contributed by atoms with Crippen LogP contribution in [0.3, 0.4) is 0 Å². The van der Waals surface area contributed by atoms with Crippen LogP contribution in [0.4, 0.5) is 4.39 Å². The first-order chi connectivity index (χ1) is 8.06. The number of aromatic carboxylic acids is 1. The van der Waals surface area contributed by atoms with E-state index in [-0.39, 0.29) is 16.5 Å². The number of halogens is 2. The summed E-state index contributed by atoms with van der Waals surface area (Å²) in [5.74, 6) is -1.58. The predicted molar refractivity (Wildman–Crippen MR) is 59.4 cm³/mol. The molecule has 0 spiro atoms. The van der Waals surface area contributed by atoms with Crippen molar-refractivity contribution >= 4 is 17.6 Å². The van der Waals surface area contributed by atoms with Gasteiger partial charge in [-0.25, -0.2) is 19.2 Å². The number of hydrogen-bond donors (Lipinski definition) is 1. The van der Waals surface area contributed by atoms with E-state index in [4.69, 9.17) is 16.7 Å². The average molecular weight is 253 g/mol. The SMILES string of the molecule is O=C(O)c1ccnc(-c2cc(F)cc(Cl)c2)n1. The predicted octanol–water partition coefficient (Wildman–Crippen LogP) is 2.63. The fourth-order valence-corrected chi connectivity index (χ4v) is 1.52. The molecule has 1 heterocycles. The van der Waals surface area contributed by atoms with Gasteiger partial charge in [-0.3, -0.25) is 0 Å².